The predicted molar refractivity (Wildman–Crippen MR) is 124 cm³/mol. The SMILES string of the molecule is CCOC(=O)[C@@H]1C(=O)N(CCC(C)C)c2nc3ccccc3n2[C@@H]1c1cccc(Br)c1. The van der Waals surface area contributed by atoms with Gasteiger partial charge in [0.15, 0.2) is 5.92 Å². The van der Waals surface area contributed by atoms with Crippen molar-refractivity contribution in [3.05, 3.63) is 58.6 Å². The lowest BCUT2D eigenvalue weighted by Crippen LogP contribution is -2.50. The number of hydrogen-bond acceptors (Lipinski definition) is 4. The Labute approximate surface area is 190 Å². The van der Waals surface area contributed by atoms with E-state index in [9.17, 15) is 9.59 Å². The summed E-state index contributed by atoms with van der Waals surface area (Å²) < 4.78 is 8.29. The molecule has 0 N–H and O–H groups in total. The van der Waals surface area contributed by atoms with Crippen LogP contribution in [0.5, 0.6) is 0 Å². The van der Waals surface area contributed by atoms with E-state index in [-0.39, 0.29) is 12.5 Å². The first-order valence-electron chi connectivity index (χ1n) is 10.6. The van der Waals surface area contributed by atoms with Gasteiger partial charge in [0, 0.05) is 11.0 Å². The van der Waals surface area contributed by atoms with Crippen molar-refractivity contribution in [2.45, 2.75) is 33.2 Å². The van der Waals surface area contributed by atoms with Crippen molar-refractivity contribution < 1.29 is 14.3 Å². The molecule has 1 aliphatic heterocycles. The van der Waals surface area contributed by atoms with Gasteiger partial charge in [-0.05, 0) is 49.1 Å². The Morgan fingerprint density at radius 3 is 2.68 bits per heavy atom. The molecule has 0 saturated heterocycles. The third kappa shape index (κ3) is 3.99. The number of hydrogen-bond donors (Lipinski definition) is 0. The molecule has 0 bridgehead atoms. The third-order valence-electron chi connectivity index (χ3n) is 5.61. The number of ether oxygens (including phenoxy) is 1. The number of fused-ring (bicyclic) bond motifs is 3. The summed E-state index contributed by atoms with van der Waals surface area (Å²) >= 11 is 3.53. The number of amides is 1. The number of carbonyl (C=O) groups is 2. The van der Waals surface area contributed by atoms with Crippen LogP contribution in [0.15, 0.2) is 53.0 Å². The molecule has 3 aromatic rings. The molecule has 0 unspecified atom stereocenters. The standard InChI is InChI=1S/C24H26BrN3O3/c1-4-31-23(30)20-21(16-8-7-9-17(25)14-16)28-19-11-6-5-10-18(19)26-24(28)27(22(20)29)13-12-15(2)3/h5-11,14-15,20-21H,4,12-13H2,1-3H3/t20-,21+/m0/s1. The van der Waals surface area contributed by atoms with Crippen molar-refractivity contribution in [3.8, 4) is 0 Å². The van der Waals surface area contributed by atoms with Gasteiger partial charge in [-0.3, -0.25) is 14.5 Å². The molecule has 6 nitrogen and oxygen atoms in total. The van der Waals surface area contributed by atoms with Crippen molar-refractivity contribution in [2.75, 3.05) is 18.1 Å². The summed E-state index contributed by atoms with van der Waals surface area (Å²) in [5.41, 5.74) is 2.54. The molecule has 2 atom stereocenters. The van der Waals surface area contributed by atoms with Crippen LogP contribution in [-0.2, 0) is 14.3 Å². The first-order valence-corrected chi connectivity index (χ1v) is 11.4. The predicted octanol–water partition coefficient (Wildman–Crippen LogP) is 4.96. The van der Waals surface area contributed by atoms with E-state index in [1.54, 1.807) is 11.8 Å². The number of halogens is 1. The van der Waals surface area contributed by atoms with Gasteiger partial charge in [-0.1, -0.05) is 54.0 Å². The minimum Gasteiger partial charge on any atom is -0.465 e. The highest BCUT2D eigenvalue weighted by Gasteiger charge is 2.47. The van der Waals surface area contributed by atoms with Crippen LogP contribution >= 0.6 is 15.9 Å². The molecule has 4 rings (SSSR count). The van der Waals surface area contributed by atoms with E-state index in [0.29, 0.717) is 18.4 Å². The van der Waals surface area contributed by atoms with Gasteiger partial charge < -0.3 is 9.30 Å². The Bertz CT molecular complexity index is 1120. The Balaban J connectivity index is 1.97. The van der Waals surface area contributed by atoms with Crippen LogP contribution in [-0.4, -0.2) is 34.6 Å². The largest absolute Gasteiger partial charge is 0.465 e. The number of carbonyl (C=O) groups excluding carboxylic acids is 2. The first kappa shape index (κ1) is 21.6. The quantitative estimate of drug-likeness (QED) is 0.367. The van der Waals surface area contributed by atoms with E-state index < -0.39 is 17.9 Å². The van der Waals surface area contributed by atoms with Crippen LogP contribution in [0.3, 0.4) is 0 Å². The Hall–Kier alpha value is -2.67. The average Bonchev–Trinajstić information content (AvgIpc) is 3.11. The van der Waals surface area contributed by atoms with Crippen molar-refractivity contribution >= 4 is 44.8 Å². The molecule has 7 heteroatoms. The topological polar surface area (TPSA) is 64.4 Å². The van der Waals surface area contributed by atoms with E-state index in [2.05, 4.69) is 29.8 Å². The average molecular weight is 484 g/mol. The number of rotatable bonds is 6. The van der Waals surface area contributed by atoms with Crippen LogP contribution < -0.4 is 4.90 Å². The van der Waals surface area contributed by atoms with Crippen molar-refractivity contribution in [2.24, 2.45) is 11.8 Å². The molecule has 162 valence electrons. The minimum absolute atomic E-state index is 0.220. The summed E-state index contributed by atoms with van der Waals surface area (Å²) in [7, 11) is 0. The highest BCUT2D eigenvalue weighted by atomic mass is 79.9. The van der Waals surface area contributed by atoms with Gasteiger partial charge in [0.2, 0.25) is 11.9 Å². The minimum atomic E-state index is -0.980. The van der Waals surface area contributed by atoms with Crippen molar-refractivity contribution in [1.82, 2.24) is 9.55 Å². The van der Waals surface area contributed by atoms with Gasteiger partial charge in [0.05, 0.1) is 23.7 Å². The van der Waals surface area contributed by atoms with Gasteiger partial charge >= 0.3 is 5.97 Å². The molecule has 0 spiro atoms. The fourth-order valence-electron chi connectivity index (χ4n) is 4.14. The number of benzene rings is 2. The molecule has 1 aliphatic rings. The Morgan fingerprint density at radius 2 is 1.97 bits per heavy atom. The van der Waals surface area contributed by atoms with Gasteiger partial charge in [0.25, 0.3) is 0 Å². The highest BCUT2D eigenvalue weighted by Crippen LogP contribution is 2.41. The molecule has 0 fully saturated rings. The van der Waals surface area contributed by atoms with Crippen LogP contribution in [0.25, 0.3) is 11.0 Å². The number of anilines is 1. The second-order valence-electron chi connectivity index (χ2n) is 8.17. The maximum atomic E-state index is 13.7. The summed E-state index contributed by atoms with van der Waals surface area (Å²) in [6, 6.07) is 15.0. The monoisotopic (exact) mass is 483 g/mol. The molecule has 0 aliphatic carbocycles. The van der Waals surface area contributed by atoms with Crippen LogP contribution in [0.4, 0.5) is 5.95 Å². The lowest BCUT2D eigenvalue weighted by atomic mass is 9.89. The summed E-state index contributed by atoms with van der Waals surface area (Å²) in [6.07, 6.45) is 0.812. The van der Waals surface area contributed by atoms with E-state index in [1.165, 1.54) is 0 Å². The molecular formula is C24H26BrN3O3. The van der Waals surface area contributed by atoms with Crippen molar-refractivity contribution in [3.63, 3.8) is 0 Å². The Kier molecular flexibility index (Phi) is 6.14. The first-order chi connectivity index (χ1) is 14.9. The number of aromatic nitrogens is 2. The molecule has 2 heterocycles. The van der Waals surface area contributed by atoms with E-state index in [4.69, 9.17) is 9.72 Å². The Morgan fingerprint density at radius 1 is 1.19 bits per heavy atom. The maximum Gasteiger partial charge on any atom is 0.321 e. The summed E-state index contributed by atoms with van der Waals surface area (Å²) in [5.74, 6) is -0.749. The van der Waals surface area contributed by atoms with Crippen LogP contribution in [0.1, 0.15) is 38.8 Å². The van der Waals surface area contributed by atoms with E-state index in [1.807, 2.05) is 53.1 Å². The molecule has 0 radical (unpaired) electrons. The van der Waals surface area contributed by atoms with Gasteiger partial charge in [-0.25, -0.2) is 4.98 Å². The van der Waals surface area contributed by atoms with E-state index >= 15 is 0 Å². The van der Waals surface area contributed by atoms with Crippen molar-refractivity contribution in [1.29, 1.82) is 0 Å². The molecular weight excluding hydrogens is 458 g/mol. The summed E-state index contributed by atoms with van der Waals surface area (Å²) in [4.78, 5) is 33.3. The zero-order chi connectivity index (χ0) is 22.1. The lowest BCUT2D eigenvalue weighted by Gasteiger charge is -2.38. The molecule has 1 aromatic heterocycles. The number of esters is 1. The molecule has 1 amide bonds. The molecule has 0 saturated carbocycles. The van der Waals surface area contributed by atoms with Gasteiger partial charge in [0.1, 0.15) is 0 Å². The smallest absolute Gasteiger partial charge is 0.321 e. The second kappa shape index (κ2) is 8.83. The highest BCUT2D eigenvalue weighted by molar-refractivity contribution is 9.10. The summed E-state index contributed by atoms with van der Waals surface area (Å²) in [5, 5.41) is 0. The molecule has 2 aromatic carbocycles. The number of imidazole rings is 1. The van der Waals surface area contributed by atoms with Crippen LogP contribution in [0.2, 0.25) is 0 Å². The number of para-hydroxylation sites is 2. The number of nitrogens with zero attached hydrogens (tertiary/aromatic N) is 3. The third-order valence-corrected chi connectivity index (χ3v) is 6.10. The zero-order valence-corrected chi connectivity index (χ0v) is 19.5. The normalized spacial score (nSPS) is 18.5. The lowest BCUT2D eigenvalue weighted by molar-refractivity contribution is -0.153. The molecule has 31 heavy (non-hydrogen) atoms. The maximum absolute atomic E-state index is 13.7. The van der Waals surface area contributed by atoms with E-state index in [0.717, 1.165) is 27.5 Å². The fourth-order valence-corrected chi connectivity index (χ4v) is 4.56. The van der Waals surface area contributed by atoms with Gasteiger partial charge in [-0.2, -0.15) is 0 Å². The summed E-state index contributed by atoms with van der Waals surface area (Å²) in [6.45, 7) is 6.71. The van der Waals surface area contributed by atoms with Crippen LogP contribution in [0, 0.1) is 11.8 Å². The zero-order valence-electron chi connectivity index (χ0n) is 17.9. The fraction of sp³-hybridized carbons (Fsp3) is 0.375. The van der Waals surface area contributed by atoms with Gasteiger partial charge in [-0.15, -0.1) is 0 Å². The second-order valence-corrected chi connectivity index (χ2v) is 9.09.